The summed E-state index contributed by atoms with van der Waals surface area (Å²) in [6.07, 6.45) is 1.54. The van der Waals surface area contributed by atoms with Crippen molar-refractivity contribution in [2.24, 2.45) is 0 Å². The quantitative estimate of drug-likeness (QED) is 0.726. The smallest absolute Gasteiger partial charge is 0.257 e. The highest BCUT2D eigenvalue weighted by Gasteiger charge is 2.34. The second kappa shape index (κ2) is 9.62. The van der Waals surface area contributed by atoms with Gasteiger partial charge in [0.05, 0.1) is 25.4 Å². The Kier molecular flexibility index (Phi) is 6.94. The highest BCUT2D eigenvalue weighted by molar-refractivity contribution is 5.95. The van der Waals surface area contributed by atoms with Crippen molar-refractivity contribution in [3.05, 3.63) is 41.7 Å². The summed E-state index contributed by atoms with van der Waals surface area (Å²) < 4.78 is 10.9. The molecule has 2 amide bonds. The number of carbonyl (C=O) groups excluding carboxylic acids is 2. The van der Waals surface area contributed by atoms with Crippen LogP contribution in [0.2, 0.25) is 0 Å². The van der Waals surface area contributed by atoms with Crippen LogP contribution in [0.4, 0.5) is 0 Å². The number of benzene rings is 1. The number of aromatic nitrogens is 2. The van der Waals surface area contributed by atoms with E-state index >= 15 is 0 Å². The minimum absolute atomic E-state index is 0.0303. The Morgan fingerprint density at radius 2 is 1.93 bits per heavy atom. The van der Waals surface area contributed by atoms with E-state index in [9.17, 15) is 9.59 Å². The van der Waals surface area contributed by atoms with Gasteiger partial charge in [-0.1, -0.05) is 0 Å². The summed E-state index contributed by atoms with van der Waals surface area (Å²) >= 11 is 0. The number of carbonyl (C=O) groups is 2. The fourth-order valence-corrected chi connectivity index (χ4v) is 3.40. The number of nitrogens with one attached hydrogen (secondary N) is 1. The maximum atomic E-state index is 13.0. The number of hydrogen-bond acceptors (Lipinski definition) is 6. The topological polar surface area (TPSA) is 91.0 Å². The van der Waals surface area contributed by atoms with Gasteiger partial charge in [-0.25, -0.2) is 0 Å². The second-order valence-corrected chi connectivity index (χ2v) is 7.44. The maximum Gasteiger partial charge on any atom is 0.257 e. The van der Waals surface area contributed by atoms with Crippen LogP contribution in [0.5, 0.6) is 11.5 Å². The zero-order valence-electron chi connectivity index (χ0n) is 17.9. The molecule has 1 N–H and O–H groups in total. The molecule has 30 heavy (non-hydrogen) atoms. The second-order valence-electron chi connectivity index (χ2n) is 7.44. The van der Waals surface area contributed by atoms with E-state index in [1.807, 2.05) is 43.1 Å². The average Bonchev–Trinajstić information content (AvgIpc) is 3.19. The Hall–Kier alpha value is -3.07. The lowest BCUT2D eigenvalue weighted by Crippen LogP contribution is -2.59. The molecule has 0 spiro atoms. The normalized spacial score (nSPS) is 16.9. The molecule has 1 aliphatic rings. The summed E-state index contributed by atoms with van der Waals surface area (Å²) in [6.45, 7) is 4.20. The lowest BCUT2D eigenvalue weighted by molar-refractivity contribution is -0.137. The largest absolute Gasteiger partial charge is 0.497 e. The Bertz CT molecular complexity index is 867. The molecule has 9 heteroatoms. The zero-order valence-corrected chi connectivity index (χ0v) is 17.9. The van der Waals surface area contributed by atoms with Gasteiger partial charge in [0.15, 0.2) is 0 Å². The molecular formula is C21H29N5O4. The van der Waals surface area contributed by atoms with Crippen molar-refractivity contribution in [1.29, 1.82) is 0 Å². The van der Waals surface area contributed by atoms with E-state index in [-0.39, 0.29) is 17.9 Å². The molecule has 3 rings (SSSR count). The van der Waals surface area contributed by atoms with Gasteiger partial charge in [0.1, 0.15) is 24.1 Å². The Labute approximate surface area is 176 Å². The lowest BCUT2D eigenvalue weighted by atomic mass is 10.1. The molecule has 1 fully saturated rings. The van der Waals surface area contributed by atoms with E-state index in [4.69, 9.17) is 9.47 Å². The molecule has 2 heterocycles. The molecule has 1 aromatic carbocycles. The number of rotatable bonds is 7. The highest BCUT2D eigenvalue weighted by atomic mass is 16.5. The van der Waals surface area contributed by atoms with Gasteiger partial charge in [0.2, 0.25) is 5.91 Å². The van der Waals surface area contributed by atoms with Crippen LogP contribution >= 0.6 is 0 Å². The van der Waals surface area contributed by atoms with Crippen molar-refractivity contribution < 1.29 is 19.1 Å². The molecule has 2 aromatic rings. The Morgan fingerprint density at radius 3 is 2.57 bits per heavy atom. The fourth-order valence-electron chi connectivity index (χ4n) is 3.40. The third-order valence-corrected chi connectivity index (χ3v) is 5.41. The first-order valence-corrected chi connectivity index (χ1v) is 9.92. The number of piperazine rings is 1. The van der Waals surface area contributed by atoms with E-state index in [1.165, 1.54) is 6.20 Å². The van der Waals surface area contributed by atoms with Gasteiger partial charge < -0.3 is 19.3 Å². The Balaban J connectivity index is 1.54. The predicted octanol–water partition coefficient (Wildman–Crippen LogP) is 1.02. The maximum absolute atomic E-state index is 13.0. The number of amides is 2. The van der Waals surface area contributed by atoms with Crippen molar-refractivity contribution in [1.82, 2.24) is 24.9 Å². The van der Waals surface area contributed by atoms with Gasteiger partial charge >= 0.3 is 0 Å². The number of H-pyrrole nitrogens is 1. The van der Waals surface area contributed by atoms with Crippen LogP contribution in [0.3, 0.4) is 0 Å². The molecule has 1 aliphatic heterocycles. The number of nitrogens with zero attached hydrogens (tertiary/aromatic N) is 4. The van der Waals surface area contributed by atoms with E-state index in [1.54, 1.807) is 24.0 Å². The van der Waals surface area contributed by atoms with Gasteiger partial charge in [-0.15, -0.1) is 0 Å². The first kappa shape index (κ1) is 21.6. The van der Waals surface area contributed by atoms with Gasteiger partial charge in [-0.05, 0) is 38.2 Å². The standard InChI is InChI=1S/C21H29N5O4/c1-15-18(13-22-23-15)20(27)26-10-9-24(2)19(14-26)21(28)25(3)11-12-30-17-7-5-16(29-4)6-8-17/h5-8,13,19H,9-12,14H2,1-4H3,(H,22,23). The number of likely N-dealkylation sites (N-methyl/N-ethyl adjacent to an activating group) is 2. The SMILES string of the molecule is COc1ccc(OCCN(C)C(=O)C2CN(C(=O)c3cn[nH]c3C)CCN2C)cc1. The van der Waals surface area contributed by atoms with Crippen molar-refractivity contribution in [3.63, 3.8) is 0 Å². The number of hydrogen-bond donors (Lipinski definition) is 1. The summed E-state index contributed by atoms with van der Waals surface area (Å²) in [4.78, 5) is 31.2. The molecule has 162 valence electrons. The van der Waals surface area contributed by atoms with Crippen LogP contribution in [0.25, 0.3) is 0 Å². The molecule has 0 saturated carbocycles. The minimum Gasteiger partial charge on any atom is -0.497 e. The monoisotopic (exact) mass is 415 g/mol. The fraction of sp³-hybridized carbons (Fsp3) is 0.476. The van der Waals surface area contributed by atoms with Gasteiger partial charge in [-0.3, -0.25) is 19.6 Å². The lowest BCUT2D eigenvalue weighted by Gasteiger charge is -2.39. The van der Waals surface area contributed by atoms with Crippen molar-refractivity contribution >= 4 is 11.8 Å². The average molecular weight is 415 g/mol. The number of methoxy groups -OCH3 is 1. The molecule has 1 atom stereocenters. The third kappa shape index (κ3) is 4.91. The third-order valence-electron chi connectivity index (χ3n) is 5.41. The van der Waals surface area contributed by atoms with Crippen LogP contribution in [-0.2, 0) is 4.79 Å². The van der Waals surface area contributed by atoms with Crippen LogP contribution in [0.1, 0.15) is 16.1 Å². The van der Waals surface area contributed by atoms with E-state index < -0.39 is 0 Å². The first-order chi connectivity index (χ1) is 14.4. The first-order valence-electron chi connectivity index (χ1n) is 9.92. The zero-order chi connectivity index (χ0) is 21.7. The van der Waals surface area contributed by atoms with Gasteiger partial charge in [0, 0.05) is 32.4 Å². The summed E-state index contributed by atoms with van der Waals surface area (Å²) in [5.41, 5.74) is 1.28. The minimum atomic E-state index is -0.388. The molecule has 0 bridgehead atoms. The Morgan fingerprint density at radius 1 is 1.23 bits per heavy atom. The molecule has 0 radical (unpaired) electrons. The van der Waals surface area contributed by atoms with Gasteiger partial charge in [0.25, 0.3) is 5.91 Å². The molecule has 1 aromatic heterocycles. The molecule has 1 saturated heterocycles. The summed E-state index contributed by atoms with van der Waals surface area (Å²) in [7, 11) is 5.29. The summed E-state index contributed by atoms with van der Waals surface area (Å²) in [5, 5.41) is 6.71. The predicted molar refractivity (Wildman–Crippen MR) is 112 cm³/mol. The number of ether oxygens (including phenoxy) is 2. The van der Waals surface area contributed by atoms with Crippen LogP contribution in [0.15, 0.2) is 30.5 Å². The molecule has 1 unspecified atom stereocenters. The molecule has 0 aliphatic carbocycles. The van der Waals surface area contributed by atoms with Crippen LogP contribution < -0.4 is 9.47 Å². The van der Waals surface area contributed by atoms with Gasteiger partial charge in [-0.2, -0.15) is 5.10 Å². The van der Waals surface area contributed by atoms with Crippen LogP contribution in [-0.4, -0.2) is 96.7 Å². The summed E-state index contributed by atoms with van der Waals surface area (Å²) in [5.74, 6) is 1.35. The van der Waals surface area contributed by atoms with Crippen molar-refractivity contribution in [3.8, 4) is 11.5 Å². The van der Waals surface area contributed by atoms with E-state index in [2.05, 4.69) is 10.2 Å². The number of aromatic amines is 1. The van der Waals surface area contributed by atoms with E-state index in [0.717, 1.165) is 17.2 Å². The molecule has 9 nitrogen and oxygen atoms in total. The van der Waals surface area contributed by atoms with Crippen molar-refractivity contribution in [2.45, 2.75) is 13.0 Å². The summed E-state index contributed by atoms with van der Waals surface area (Å²) in [6, 6.07) is 6.93. The van der Waals surface area contributed by atoms with Crippen LogP contribution in [0, 0.1) is 6.92 Å². The van der Waals surface area contributed by atoms with Crippen molar-refractivity contribution in [2.75, 3.05) is 54.0 Å². The number of aryl methyl sites for hydroxylation is 1. The van der Waals surface area contributed by atoms with E-state index in [0.29, 0.717) is 38.3 Å². The molecular weight excluding hydrogens is 386 g/mol. The highest BCUT2D eigenvalue weighted by Crippen LogP contribution is 2.17.